The molecule has 0 aliphatic rings. The standard InChI is InChI=1S/C14H12FN3O5.C2H6/c1-7-9(18(20)21)6-16-13(12(7)14(19)22-3)23-10-4-5-11(15)17-8(10)2;1-2/h4-6H,1-3H3;1-2H3. The van der Waals surface area contributed by atoms with E-state index in [9.17, 15) is 19.3 Å². The van der Waals surface area contributed by atoms with Gasteiger partial charge >= 0.3 is 5.97 Å². The quantitative estimate of drug-likeness (QED) is 0.357. The minimum atomic E-state index is -0.832. The second-order valence-electron chi connectivity index (χ2n) is 4.52. The van der Waals surface area contributed by atoms with Crippen molar-refractivity contribution in [3.8, 4) is 11.6 Å². The van der Waals surface area contributed by atoms with Crippen molar-refractivity contribution in [3.63, 3.8) is 0 Å². The average molecular weight is 351 g/mol. The van der Waals surface area contributed by atoms with Crippen LogP contribution in [0.3, 0.4) is 0 Å². The Labute approximate surface area is 143 Å². The number of rotatable bonds is 4. The monoisotopic (exact) mass is 351 g/mol. The van der Waals surface area contributed by atoms with Crippen molar-refractivity contribution < 1.29 is 23.6 Å². The third-order valence-corrected chi connectivity index (χ3v) is 3.07. The molecular formula is C16H18FN3O5. The number of carbonyl (C=O) groups is 1. The van der Waals surface area contributed by atoms with Crippen LogP contribution in [-0.4, -0.2) is 28.0 Å². The maximum atomic E-state index is 13.0. The van der Waals surface area contributed by atoms with Gasteiger partial charge in [0.05, 0.1) is 17.7 Å². The van der Waals surface area contributed by atoms with Gasteiger partial charge in [-0.05, 0) is 26.0 Å². The second kappa shape index (κ2) is 8.67. The van der Waals surface area contributed by atoms with E-state index >= 15 is 0 Å². The van der Waals surface area contributed by atoms with Gasteiger partial charge in [0.1, 0.15) is 11.8 Å². The molecule has 0 saturated heterocycles. The predicted molar refractivity (Wildman–Crippen MR) is 87.3 cm³/mol. The van der Waals surface area contributed by atoms with Crippen molar-refractivity contribution in [1.29, 1.82) is 0 Å². The molecule has 0 aliphatic heterocycles. The summed E-state index contributed by atoms with van der Waals surface area (Å²) >= 11 is 0. The molecule has 0 atom stereocenters. The van der Waals surface area contributed by atoms with Gasteiger partial charge in [-0.3, -0.25) is 10.1 Å². The van der Waals surface area contributed by atoms with Gasteiger partial charge in [-0.15, -0.1) is 0 Å². The van der Waals surface area contributed by atoms with Crippen LogP contribution in [0.4, 0.5) is 10.1 Å². The zero-order valence-electron chi connectivity index (χ0n) is 14.5. The van der Waals surface area contributed by atoms with Crippen LogP contribution >= 0.6 is 0 Å². The number of hydrogen-bond acceptors (Lipinski definition) is 7. The summed E-state index contributed by atoms with van der Waals surface area (Å²) in [7, 11) is 1.13. The first-order chi connectivity index (χ1) is 11.8. The lowest BCUT2D eigenvalue weighted by molar-refractivity contribution is -0.385. The summed E-state index contributed by atoms with van der Waals surface area (Å²) in [6.45, 7) is 6.89. The van der Waals surface area contributed by atoms with Crippen LogP contribution in [0.15, 0.2) is 18.3 Å². The number of methoxy groups -OCH3 is 1. The Kier molecular flexibility index (Phi) is 6.92. The van der Waals surface area contributed by atoms with Crippen LogP contribution in [0.25, 0.3) is 0 Å². The fourth-order valence-corrected chi connectivity index (χ4v) is 1.90. The minimum absolute atomic E-state index is 0.0552. The number of aryl methyl sites for hydroxylation is 1. The highest BCUT2D eigenvalue weighted by molar-refractivity contribution is 5.94. The molecule has 25 heavy (non-hydrogen) atoms. The highest BCUT2D eigenvalue weighted by Crippen LogP contribution is 2.31. The van der Waals surface area contributed by atoms with E-state index in [1.54, 1.807) is 0 Å². The summed E-state index contributed by atoms with van der Waals surface area (Å²) in [5.41, 5.74) is -0.227. The maximum absolute atomic E-state index is 13.0. The predicted octanol–water partition coefficient (Wildman–Crippen LogP) is 3.75. The van der Waals surface area contributed by atoms with E-state index in [0.717, 1.165) is 19.4 Å². The first-order valence-corrected chi connectivity index (χ1v) is 7.38. The number of esters is 1. The Balaban J connectivity index is 0.00000151. The van der Waals surface area contributed by atoms with Gasteiger partial charge in [-0.2, -0.15) is 4.39 Å². The largest absolute Gasteiger partial charge is 0.465 e. The minimum Gasteiger partial charge on any atom is -0.465 e. The van der Waals surface area contributed by atoms with Crippen molar-refractivity contribution in [2.24, 2.45) is 0 Å². The van der Waals surface area contributed by atoms with Crippen molar-refractivity contribution in [2.45, 2.75) is 27.7 Å². The molecule has 0 bridgehead atoms. The van der Waals surface area contributed by atoms with Crippen molar-refractivity contribution >= 4 is 11.7 Å². The highest BCUT2D eigenvalue weighted by atomic mass is 19.1. The number of hydrogen-bond donors (Lipinski definition) is 0. The van der Waals surface area contributed by atoms with Crippen LogP contribution < -0.4 is 4.74 Å². The van der Waals surface area contributed by atoms with Gasteiger partial charge in [0.15, 0.2) is 5.75 Å². The van der Waals surface area contributed by atoms with E-state index in [0.29, 0.717) is 0 Å². The highest BCUT2D eigenvalue weighted by Gasteiger charge is 2.26. The number of pyridine rings is 2. The second-order valence-corrected chi connectivity index (χ2v) is 4.52. The molecule has 134 valence electrons. The smallest absolute Gasteiger partial charge is 0.343 e. The van der Waals surface area contributed by atoms with E-state index in [1.165, 1.54) is 19.9 Å². The van der Waals surface area contributed by atoms with Crippen LogP contribution in [-0.2, 0) is 4.74 Å². The van der Waals surface area contributed by atoms with Gasteiger partial charge in [-0.25, -0.2) is 14.8 Å². The molecule has 0 aliphatic carbocycles. The number of nitro groups is 1. The normalized spacial score (nSPS) is 9.68. The summed E-state index contributed by atoms with van der Waals surface area (Å²) in [6, 6.07) is 2.40. The van der Waals surface area contributed by atoms with Crippen molar-refractivity contribution in [1.82, 2.24) is 9.97 Å². The Hall–Kier alpha value is -3.10. The summed E-state index contributed by atoms with van der Waals surface area (Å²) in [5, 5.41) is 11.0. The zero-order chi connectivity index (χ0) is 19.1. The molecule has 0 aromatic carbocycles. The van der Waals surface area contributed by atoms with E-state index < -0.39 is 16.8 Å². The number of halogens is 1. The Morgan fingerprint density at radius 2 is 1.92 bits per heavy atom. The van der Waals surface area contributed by atoms with Crippen LogP contribution in [0.2, 0.25) is 0 Å². The SMILES string of the molecule is CC.COC(=O)c1c(Oc2ccc(F)nc2C)ncc([N+](=O)[O-])c1C. The summed E-state index contributed by atoms with van der Waals surface area (Å²) in [6.07, 6.45) is 0.976. The molecule has 0 amide bonds. The Bertz CT molecular complexity index is 796. The molecular weight excluding hydrogens is 333 g/mol. The summed E-state index contributed by atoms with van der Waals surface area (Å²) in [5.74, 6) is -1.54. The lowest BCUT2D eigenvalue weighted by Gasteiger charge is -2.12. The molecule has 8 nitrogen and oxygen atoms in total. The molecule has 0 fully saturated rings. The fourth-order valence-electron chi connectivity index (χ4n) is 1.90. The molecule has 0 unspecified atom stereocenters. The first kappa shape index (κ1) is 19.9. The summed E-state index contributed by atoms with van der Waals surface area (Å²) in [4.78, 5) is 29.6. The third kappa shape index (κ3) is 4.46. The Morgan fingerprint density at radius 1 is 1.28 bits per heavy atom. The van der Waals surface area contributed by atoms with Gasteiger partial charge < -0.3 is 9.47 Å². The molecule has 9 heteroatoms. The average Bonchev–Trinajstić information content (AvgIpc) is 2.58. The fraction of sp³-hybridized carbons (Fsp3) is 0.312. The molecule has 0 saturated carbocycles. The van der Waals surface area contributed by atoms with E-state index in [4.69, 9.17) is 4.74 Å². The van der Waals surface area contributed by atoms with Crippen LogP contribution in [0.5, 0.6) is 11.6 Å². The number of nitrogens with zero attached hydrogens (tertiary/aromatic N) is 3. The third-order valence-electron chi connectivity index (χ3n) is 3.07. The summed E-state index contributed by atoms with van der Waals surface area (Å²) < 4.78 is 23.1. The van der Waals surface area contributed by atoms with Crippen LogP contribution in [0.1, 0.15) is 35.5 Å². The molecule has 0 radical (unpaired) electrons. The number of aromatic nitrogens is 2. The Morgan fingerprint density at radius 3 is 2.44 bits per heavy atom. The molecule has 2 aromatic heterocycles. The van der Waals surface area contributed by atoms with Crippen molar-refractivity contribution in [3.05, 3.63) is 51.2 Å². The molecule has 2 aromatic rings. The molecule has 0 spiro atoms. The van der Waals surface area contributed by atoms with Gasteiger partial charge in [0, 0.05) is 5.56 Å². The topological polar surface area (TPSA) is 104 Å². The van der Waals surface area contributed by atoms with Crippen LogP contribution in [0, 0.1) is 29.9 Å². The van der Waals surface area contributed by atoms with E-state index in [-0.39, 0.29) is 34.1 Å². The zero-order valence-corrected chi connectivity index (χ0v) is 14.5. The lowest BCUT2D eigenvalue weighted by Crippen LogP contribution is -2.10. The van der Waals surface area contributed by atoms with E-state index in [1.807, 2.05) is 13.8 Å². The van der Waals surface area contributed by atoms with Gasteiger partial charge in [0.2, 0.25) is 11.8 Å². The van der Waals surface area contributed by atoms with Gasteiger partial charge in [-0.1, -0.05) is 13.8 Å². The first-order valence-electron chi connectivity index (χ1n) is 7.38. The van der Waals surface area contributed by atoms with Crippen molar-refractivity contribution in [2.75, 3.05) is 7.11 Å². The molecule has 2 rings (SSSR count). The van der Waals surface area contributed by atoms with Gasteiger partial charge in [0.25, 0.3) is 5.69 Å². The number of ether oxygens (including phenoxy) is 2. The van der Waals surface area contributed by atoms with E-state index in [2.05, 4.69) is 14.7 Å². The number of carbonyl (C=O) groups excluding carboxylic acids is 1. The lowest BCUT2D eigenvalue weighted by atomic mass is 10.1. The molecule has 0 N–H and O–H groups in total. The maximum Gasteiger partial charge on any atom is 0.343 e. The molecule has 2 heterocycles.